The van der Waals surface area contributed by atoms with Crippen LogP contribution in [0.3, 0.4) is 0 Å². The van der Waals surface area contributed by atoms with Crippen molar-refractivity contribution in [3.63, 3.8) is 0 Å². The van der Waals surface area contributed by atoms with Gasteiger partial charge in [-0.1, -0.05) is 0 Å². The second-order valence-electron chi connectivity index (χ2n) is 6.38. The third-order valence-electron chi connectivity index (χ3n) is 3.72. The molecule has 1 fully saturated rings. The van der Waals surface area contributed by atoms with Crippen LogP contribution in [0, 0.1) is 5.41 Å². The third-order valence-corrected chi connectivity index (χ3v) is 5.66. The van der Waals surface area contributed by atoms with Crippen molar-refractivity contribution < 1.29 is 13.7 Å². The molecule has 1 heterocycles. The lowest BCUT2D eigenvalue weighted by molar-refractivity contribution is -0.136. The lowest BCUT2D eigenvalue weighted by Gasteiger charge is -2.35. The maximum atomic E-state index is 12.4. The third kappa shape index (κ3) is 6.22. The normalized spacial score (nSPS) is 19.4. The SMILES string of the molecule is COCC1(C(=O)NCCS(=O)C(C)(C)C)CCNCC1.Cl. The van der Waals surface area contributed by atoms with Crippen molar-refractivity contribution in [3.8, 4) is 0 Å². The fourth-order valence-electron chi connectivity index (χ4n) is 2.37. The van der Waals surface area contributed by atoms with Crippen molar-refractivity contribution in [1.29, 1.82) is 0 Å². The van der Waals surface area contributed by atoms with E-state index in [4.69, 9.17) is 4.74 Å². The van der Waals surface area contributed by atoms with Crippen molar-refractivity contribution in [2.75, 3.05) is 39.1 Å². The van der Waals surface area contributed by atoms with Crippen LogP contribution in [0.5, 0.6) is 0 Å². The molecule has 1 atom stereocenters. The van der Waals surface area contributed by atoms with Crippen molar-refractivity contribution >= 4 is 29.1 Å². The van der Waals surface area contributed by atoms with Crippen LogP contribution in [0.2, 0.25) is 0 Å². The van der Waals surface area contributed by atoms with Gasteiger partial charge in [-0.25, -0.2) is 0 Å². The molecule has 1 rings (SSSR count). The minimum absolute atomic E-state index is 0. The molecule has 0 aromatic rings. The number of halogens is 1. The van der Waals surface area contributed by atoms with Gasteiger partial charge in [0, 0.05) is 35.0 Å². The van der Waals surface area contributed by atoms with Gasteiger partial charge in [-0.2, -0.15) is 0 Å². The summed E-state index contributed by atoms with van der Waals surface area (Å²) in [6.45, 7) is 8.43. The molecular weight excluding hydrogens is 312 g/mol. The quantitative estimate of drug-likeness (QED) is 0.759. The van der Waals surface area contributed by atoms with E-state index in [1.165, 1.54) is 0 Å². The fourth-order valence-corrected chi connectivity index (χ4v) is 3.27. The van der Waals surface area contributed by atoms with Crippen LogP contribution in [-0.2, 0) is 20.3 Å². The van der Waals surface area contributed by atoms with Gasteiger partial charge in [0.05, 0.1) is 12.0 Å². The van der Waals surface area contributed by atoms with Crippen LogP contribution in [-0.4, -0.2) is 54.0 Å². The zero-order valence-corrected chi connectivity index (χ0v) is 15.1. The molecule has 0 aliphatic carbocycles. The van der Waals surface area contributed by atoms with E-state index in [1.807, 2.05) is 20.8 Å². The van der Waals surface area contributed by atoms with E-state index < -0.39 is 16.2 Å². The molecule has 2 N–H and O–H groups in total. The number of carbonyl (C=O) groups is 1. The molecule has 1 aliphatic heterocycles. The molecule has 126 valence electrons. The first-order valence-corrected chi connectivity index (χ1v) is 8.50. The van der Waals surface area contributed by atoms with Gasteiger partial charge >= 0.3 is 0 Å². The van der Waals surface area contributed by atoms with Crippen molar-refractivity contribution in [1.82, 2.24) is 10.6 Å². The van der Waals surface area contributed by atoms with Gasteiger partial charge in [0.2, 0.25) is 5.91 Å². The number of hydrogen-bond acceptors (Lipinski definition) is 4. The highest BCUT2D eigenvalue weighted by Crippen LogP contribution is 2.29. The van der Waals surface area contributed by atoms with E-state index >= 15 is 0 Å². The topological polar surface area (TPSA) is 67.4 Å². The second-order valence-corrected chi connectivity index (χ2v) is 8.71. The molecule has 1 amide bonds. The summed E-state index contributed by atoms with van der Waals surface area (Å²) >= 11 is 0. The summed E-state index contributed by atoms with van der Waals surface area (Å²) in [5, 5.41) is 6.20. The highest BCUT2D eigenvalue weighted by atomic mass is 35.5. The molecule has 0 aromatic heterocycles. The molecule has 21 heavy (non-hydrogen) atoms. The Morgan fingerprint density at radius 2 is 1.90 bits per heavy atom. The predicted octanol–water partition coefficient (Wildman–Crippen LogP) is 1.09. The second kappa shape index (κ2) is 9.08. The number of nitrogens with one attached hydrogen (secondary N) is 2. The number of carbonyl (C=O) groups excluding carboxylic acids is 1. The Hall–Kier alpha value is -0.170. The Morgan fingerprint density at radius 3 is 2.38 bits per heavy atom. The van der Waals surface area contributed by atoms with Crippen molar-refractivity contribution in [2.45, 2.75) is 38.4 Å². The van der Waals surface area contributed by atoms with E-state index in [1.54, 1.807) is 7.11 Å². The summed E-state index contributed by atoms with van der Waals surface area (Å²) in [6.07, 6.45) is 1.57. The van der Waals surface area contributed by atoms with E-state index in [0.717, 1.165) is 25.9 Å². The fraction of sp³-hybridized carbons (Fsp3) is 0.929. The van der Waals surface area contributed by atoms with Crippen LogP contribution in [0.1, 0.15) is 33.6 Å². The smallest absolute Gasteiger partial charge is 0.228 e. The van der Waals surface area contributed by atoms with Crippen LogP contribution in [0.15, 0.2) is 0 Å². The van der Waals surface area contributed by atoms with Crippen LogP contribution < -0.4 is 10.6 Å². The summed E-state index contributed by atoms with van der Waals surface area (Å²) in [4.78, 5) is 12.4. The summed E-state index contributed by atoms with van der Waals surface area (Å²) in [7, 11) is 0.696. The van der Waals surface area contributed by atoms with Gasteiger partial charge in [-0.05, 0) is 46.7 Å². The molecule has 1 saturated heterocycles. The summed E-state index contributed by atoms with van der Waals surface area (Å²) in [5.74, 6) is 0.531. The molecule has 0 radical (unpaired) electrons. The molecule has 0 bridgehead atoms. The first-order chi connectivity index (χ1) is 9.32. The molecule has 5 nitrogen and oxygen atoms in total. The van der Waals surface area contributed by atoms with E-state index in [2.05, 4.69) is 10.6 Å². The minimum atomic E-state index is -0.934. The zero-order valence-electron chi connectivity index (χ0n) is 13.5. The van der Waals surface area contributed by atoms with Gasteiger partial charge in [0.25, 0.3) is 0 Å². The van der Waals surface area contributed by atoms with Crippen LogP contribution >= 0.6 is 12.4 Å². The number of amides is 1. The van der Waals surface area contributed by atoms with Crippen LogP contribution in [0.25, 0.3) is 0 Å². The van der Waals surface area contributed by atoms with E-state index in [0.29, 0.717) is 18.9 Å². The minimum Gasteiger partial charge on any atom is -0.384 e. The maximum absolute atomic E-state index is 12.4. The highest BCUT2D eigenvalue weighted by Gasteiger charge is 2.39. The lowest BCUT2D eigenvalue weighted by Crippen LogP contribution is -2.50. The van der Waals surface area contributed by atoms with Gasteiger partial charge < -0.3 is 15.4 Å². The van der Waals surface area contributed by atoms with Gasteiger partial charge in [0.15, 0.2) is 0 Å². The number of hydrogen-bond donors (Lipinski definition) is 2. The van der Waals surface area contributed by atoms with Gasteiger partial charge in [-0.15, -0.1) is 12.4 Å². The summed E-state index contributed by atoms with van der Waals surface area (Å²) < 4.78 is 17.0. The van der Waals surface area contributed by atoms with E-state index in [-0.39, 0.29) is 23.1 Å². The largest absolute Gasteiger partial charge is 0.384 e. The van der Waals surface area contributed by atoms with E-state index in [9.17, 15) is 9.00 Å². The number of ether oxygens (including phenoxy) is 1. The highest BCUT2D eigenvalue weighted by molar-refractivity contribution is 7.86. The molecule has 1 unspecified atom stereocenters. The van der Waals surface area contributed by atoms with Crippen molar-refractivity contribution in [3.05, 3.63) is 0 Å². The first kappa shape index (κ1) is 20.8. The average Bonchev–Trinajstić information content (AvgIpc) is 2.38. The molecular formula is C14H29ClN2O3S. The Labute approximate surface area is 136 Å². The molecule has 1 aliphatic rings. The zero-order chi connectivity index (χ0) is 15.2. The van der Waals surface area contributed by atoms with Crippen LogP contribution in [0.4, 0.5) is 0 Å². The number of rotatable bonds is 6. The Bertz CT molecular complexity index is 347. The molecule has 0 saturated carbocycles. The summed E-state index contributed by atoms with van der Waals surface area (Å²) in [5.41, 5.74) is -0.427. The number of piperidine rings is 1. The maximum Gasteiger partial charge on any atom is 0.228 e. The Balaban J connectivity index is 0.00000400. The first-order valence-electron chi connectivity index (χ1n) is 7.18. The predicted molar refractivity (Wildman–Crippen MR) is 89.4 cm³/mol. The standard InChI is InChI=1S/C14H28N2O3S.ClH/c1-13(2,3)20(18)10-9-16-12(17)14(11-19-4)5-7-15-8-6-14;/h15H,5-11H2,1-4H3,(H,16,17);1H. The summed E-state index contributed by atoms with van der Waals surface area (Å²) in [6, 6.07) is 0. The van der Waals surface area contributed by atoms with Gasteiger partial charge in [-0.3, -0.25) is 9.00 Å². The van der Waals surface area contributed by atoms with Gasteiger partial charge in [0.1, 0.15) is 0 Å². The molecule has 7 heteroatoms. The Morgan fingerprint density at radius 1 is 1.33 bits per heavy atom. The number of methoxy groups -OCH3 is 1. The average molecular weight is 341 g/mol. The molecule has 0 spiro atoms. The monoisotopic (exact) mass is 340 g/mol. The Kier molecular flexibility index (Phi) is 9.00. The van der Waals surface area contributed by atoms with Crippen molar-refractivity contribution in [2.24, 2.45) is 5.41 Å². The molecule has 0 aromatic carbocycles. The lowest BCUT2D eigenvalue weighted by atomic mass is 9.78.